The first-order valence-corrected chi connectivity index (χ1v) is 7.23. The fourth-order valence-corrected chi connectivity index (χ4v) is 3.45. The van der Waals surface area contributed by atoms with Crippen LogP contribution in [-0.4, -0.2) is 9.55 Å². The number of nitrogens with two attached hydrogens (primary N) is 1. The molecule has 1 fully saturated rings. The van der Waals surface area contributed by atoms with Gasteiger partial charge in [0.25, 0.3) is 0 Å². The highest BCUT2D eigenvalue weighted by atomic mass is 79.9. The molecule has 2 aromatic rings. The maximum Gasteiger partial charge on any atom is 0.218 e. The van der Waals surface area contributed by atoms with Crippen molar-refractivity contribution in [3.63, 3.8) is 0 Å². The molecule has 0 saturated heterocycles. The molecule has 0 aliphatic heterocycles. The van der Waals surface area contributed by atoms with Crippen LogP contribution in [0, 0.1) is 0 Å². The number of nitrogens with zero attached hydrogens (tertiary/aromatic N) is 2. The molecule has 3 N–H and O–H groups in total. The van der Waals surface area contributed by atoms with Crippen molar-refractivity contribution in [3.05, 3.63) is 22.7 Å². The summed E-state index contributed by atoms with van der Waals surface area (Å²) in [4.78, 5) is 4.56. The first kappa shape index (κ1) is 12.0. The number of fused-ring (bicyclic) bond motifs is 1. The summed E-state index contributed by atoms with van der Waals surface area (Å²) >= 11 is 3.63. The number of para-hydroxylation sites is 1. The molecule has 96 valence electrons. The number of anilines is 1. The Kier molecular flexibility index (Phi) is 3.26. The second-order valence-electron chi connectivity index (χ2n) is 4.85. The van der Waals surface area contributed by atoms with Gasteiger partial charge in [0.2, 0.25) is 5.95 Å². The van der Waals surface area contributed by atoms with Crippen molar-refractivity contribution in [2.24, 2.45) is 5.84 Å². The molecule has 0 unspecified atom stereocenters. The van der Waals surface area contributed by atoms with Crippen molar-refractivity contribution in [3.8, 4) is 0 Å². The van der Waals surface area contributed by atoms with Crippen molar-refractivity contribution in [1.29, 1.82) is 0 Å². The molecule has 0 atom stereocenters. The van der Waals surface area contributed by atoms with E-state index in [0.29, 0.717) is 6.04 Å². The van der Waals surface area contributed by atoms with Gasteiger partial charge in [-0.05, 0) is 40.9 Å². The van der Waals surface area contributed by atoms with Crippen LogP contribution in [0.3, 0.4) is 0 Å². The first-order chi connectivity index (χ1) is 8.81. The van der Waals surface area contributed by atoms with Gasteiger partial charge < -0.3 is 4.57 Å². The van der Waals surface area contributed by atoms with E-state index in [0.717, 1.165) is 21.5 Å². The first-order valence-electron chi connectivity index (χ1n) is 6.44. The smallest absolute Gasteiger partial charge is 0.218 e. The van der Waals surface area contributed by atoms with Crippen molar-refractivity contribution in [1.82, 2.24) is 9.55 Å². The largest absolute Gasteiger partial charge is 0.305 e. The molecule has 1 heterocycles. The van der Waals surface area contributed by atoms with Crippen LogP contribution in [0.2, 0.25) is 0 Å². The second-order valence-corrected chi connectivity index (χ2v) is 5.70. The SMILES string of the molecule is NNc1nc2cccc(Br)c2n1C1CCCCC1. The number of hydrogen-bond acceptors (Lipinski definition) is 3. The maximum atomic E-state index is 5.62. The summed E-state index contributed by atoms with van der Waals surface area (Å²) in [6.45, 7) is 0. The topological polar surface area (TPSA) is 55.9 Å². The van der Waals surface area contributed by atoms with Gasteiger partial charge in [-0.3, -0.25) is 5.43 Å². The summed E-state index contributed by atoms with van der Waals surface area (Å²) in [7, 11) is 0. The summed E-state index contributed by atoms with van der Waals surface area (Å²) in [5.74, 6) is 6.39. The number of hydrazine groups is 1. The molecule has 4 nitrogen and oxygen atoms in total. The summed E-state index contributed by atoms with van der Waals surface area (Å²) in [5, 5.41) is 0. The number of nitrogens with one attached hydrogen (secondary N) is 1. The van der Waals surface area contributed by atoms with Crippen LogP contribution in [0.5, 0.6) is 0 Å². The van der Waals surface area contributed by atoms with Gasteiger partial charge in [-0.15, -0.1) is 0 Å². The zero-order valence-electron chi connectivity index (χ0n) is 10.2. The van der Waals surface area contributed by atoms with Crippen LogP contribution >= 0.6 is 15.9 Å². The van der Waals surface area contributed by atoms with E-state index >= 15 is 0 Å². The Balaban J connectivity index is 2.17. The second kappa shape index (κ2) is 4.90. The van der Waals surface area contributed by atoms with Gasteiger partial charge in [-0.2, -0.15) is 0 Å². The van der Waals surface area contributed by atoms with Crippen LogP contribution in [0.15, 0.2) is 22.7 Å². The quantitative estimate of drug-likeness (QED) is 0.658. The van der Waals surface area contributed by atoms with Gasteiger partial charge >= 0.3 is 0 Å². The highest BCUT2D eigenvalue weighted by Crippen LogP contribution is 2.36. The van der Waals surface area contributed by atoms with E-state index in [1.165, 1.54) is 32.1 Å². The van der Waals surface area contributed by atoms with Gasteiger partial charge in [0, 0.05) is 10.5 Å². The molecule has 1 aromatic heterocycles. The Morgan fingerprint density at radius 1 is 1.28 bits per heavy atom. The highest BCUT2D eigenvalue weighted by Gasteiger charge is 2.22. The van der Waals surface area contributed by atoms with Gasteiger partial charge in [0.1, 0.15) is 0 Å². The predicted octanol–water partition coefficient (Wildman–Crippen LogP) is 3.59. The molecule has 0 radical (unpaired) electrons. The molecule has 1 aliphatic rings. The standard InChI is InChI=1S/C13H17BrN4/c14-10-7-4-8-11-12(10)18(13(16-11)17-15)9-5-2-1-3-6-9/h4,7-9H,1-3,5-6,15H2,(H,16,17). The molecule has 1 aliphatic carbocycles. The Hall–Kier alpha value is -1.07. The van der Waals surface area contributed by atoms with Gasteiger partial charge in [0.05, 0.1) is 11.0 Å². The van der Waals surface area contributed by atoms with Crippen molar-refractivity contribution in [2.45, 2.75) is 38.1 Å². The lowest BCUT2D eigenvalue weighted by molar-refractivity contribution is 0.362. The molecule has 0 amide bonds. The predicted molar refractivity (Wildman–Crippen MR) is 77.4 cm³/mol. The van der Waals surface area contributed by atoms with Crippen LogP contribution in [0.4, 0.5) is 5.95 Å². The minimum absolute atomic E-state index is 0.508. The number of rotatable bonds is 2. The van der Waals surface area contributed by atoms with E-state index in [-0.39, 0.29) is 0 Å². The lowest BCUT2D eigenvalue weighted by Gasteiger charge is -2.25. The van der Waals surface area contributed by atoms with Gasteiger partial charge in [-0.1, -0.05) is 25.3 Å². The van der Waals surface area contributed by atoms with Crippen LogP contribution in [0.25, 0.3) is 11.0 Å². The minimum Gasteiger partial charge on any atom is -0.305 e. The normalized spacial score (nSPS) is 17.2. The molecule has 0 bridgehead atoms. The minimum atomic E-state index is 0.508. The van der Waals surface area contributed by atoms with Crippen LogP contribution in [-0.2, 0) is 0 Å². The zero-order valence-corrected chi connectivity index (χ0v) is 11.8. The molecular weight excluding hydrogens is 292 g/mol. The van der Waals surface area contributed by atoms with E-state index < -0.39 is 0 Å². The molecule has 1 saturated carbocycles. The summed E-state index contributed by atoms with van der Waals surface area (Å²) < 4.78 is 3.35. The third-order valence-corrected chi connectivity index (χ3v) is 4.37. The fourth-order valence-electron chi connectivity index (χ4n) is 2.90. The number of nitrogen functional groups attached to an aromatic ring is 1. The summed E-state index contributed by atoms with van der Waals surface area (Å²) in [6.07, 6.45) is 6.34. The number of benzene rings is 1. The monoisotopic (exact) mass is 308 g/mol. The lowest BCUT2D eigenvalue weighted by Crippen LogP contribution is -2.19. The molecule has 5 heteroatoms. The van der Waals surface area contributed by atoms with E-state index in [4.69, 9.17) is 5.84 Å². The Morgan fingerprint density at radius 2 is 2.06 bits per heavy atom. The van der Waals surface area contributed by atoms with Gasteiger partial charge in [0.15, 0.2) is 0 Å². The zero-order chi connectivity index (χ0) is 12.5. The highest BCUT2D eigenvalue weighted by molar-refractivity contribution is 9.10. The lowest BCUT2D eigenvalue weighted by atomic mass is 9.95. The van der Waals surface area contributed by atoms with E-state index in [2.05, 4.69) is 37.0 Å². The summed E-state index contributed by atoms with van der Waals surface area (Å²) in [6, 6.07) is 6.60. The van der Waals surface area contributed by atoms with E-state index in [9.17, 15) is 0 Å². The third kappa shape index (κ3) is 1.91. The average Bonchev–Trinajstić information content (AvgIpc) is 2.79. The van der Waals surface area contributed by atoms with E-state index in [1.807, 2.05) is 12.1 Å². The van der Waals surface area contributed by atoms with Crippen LogP contribution in [0.1, 0.15) is 38.1 Å². The van der Waals surface area contributed by atoms with Crippen molar-refractivity contribution >= 4 is 32.9 Å². The van der Waals surface area contributed by atoms with Gasteiger partial charge in [-0.25, -0.2) is 10.8 Å². The molecule has 0 spiro atoms. The number of aromatic nitrogens is 2. The van der Waals surface area contributed by atoms with Crippen molar-refractivity contribution < 1.29 is 0 Å². The van der Waals surface area contributed by atoms with E-state index in [1.54, 1.807) is 0 Å². The van der Waals surface area contributed by atoms with Crippen LogP contribution < -0.4 is 11.3 Å². The molecular formula is C13H17BrN4. The summed E-state index contributed by atoms with van der Waals surface area (Å²) in [5.41, 5.74) is 4.88. The Morgan fingerprint density at radius 3 is 2.78 bits per heavy atom. The molecule has 1 aromatic carbocycles. The average molecular weight is 309 g/mol. The maximum absolute atomic E-state index is 5.62. The Labute approximate surface area is 115 Å². The molecule has 3 rings (SSSR count). The molecule has 18 heavy (non-hydrogen) atoms. The fraction of sp³-hybridized carbons (Fsp3) is 0.462. The Bertz CT molecular complexity index is 557. The van der Waals surface area contributed by atoms with Crippen molar-refractivity contribution in [2.75, 3.05) is 5.43 Å². The number of halogens is 1. The number of hydrogen-bond donors (Lipinski definition) is 2. The third-order valence-electron chi connectivity index (χ3n) is 3.73. The number of imidazole rings is 1.